The van der Waals surface area contributed by atoms with Crippen molar-refractivity contribution < 1.29 is 4.42 Å². The number of fused-ring (bicyclic) bond motifs is 1. The van der Waals surface area contributed by atoms with E-state index < -0.39 is 0 Å². The predicted molar refractivity (Wildman–Crippen MR) is 135 cm³/mol. The zero-order valence-electron chi connectivity index (χ0n) is 21.0. The Morgan fingerprint density at radius 3 is 2.71 bits per heavy atom. The molecule has 0 bridgehead atoms. The molecule has 1 fully saturated rings. The van der Waals surface area contributed by atoms with Gasteiger partial charge in [0, 0.05) is 18.2 Å². The van der Waals surface area contributed by atoms with Crippen molar-refractivity contribution in [3.8, 4) is 0 Å². The van der Waals surface area contributed by atoms with Gasteiger partial charge in [0.15, 0.2) is 5.82 Å². The Labute approximate surface area is 205 Å². The Bertz CT molecular complexity index is 1350. The van der Waals surface area contributed by atoms with Crippen LogP contribution in [0.2, 0.25) is 0 Å². The van der Waals surface area contributed by atoms with Crippen molar-refractivity contribution >= 4 is 10.9 Å². The maximum Gasteiger partial charge on any atom is 0.252 e. The van der Waals surface area contributed by atoms with Crippen LogP contribution < -0.4 is 5.56 Å². The molecule has 1 aromatic carbocycles. The predicted octanol–water partition coefficient (Wildman–Crippen LogP) is 4.91. The molecule has 8 heteroatoms. The summed E-state index contributed by atoms with van der Waals surface area (Å²) in [6, 6.07) is 10.4. The largest absolute Gasteiger partial charge is 0.467 e. The molecule has 0 saturated heterocycles. The molecule has 35 heavy (non-hydrogen) atoms. The zero-order chi connectivity index (χ0) is 24.5. The summed E-state index contributed by atoms with van der Waals surface area (Å²) >= 11 is 0. The van der Waals surface area contributed by atoms with Crippen molar-refractivity contribution in [2.24, 2.45) is 5.92 Å². The van der Waals surface area contributed by atoms with Crippen LogP contribution in [-0.4, -0.2) is 36.1 Å². The van der Waals surface area contributed by atoms with Crippen LogP contribution in [0, 0.1) is 19.8 Å². The Hall–Kier alpha value is -3.26. The average molecular weight is 475 g/mol. The number of pyridine rings is 1. The first-order chi connectivity index (χ1) is 16.9. The summed E-state index contributed by atoms with van der Waals surface area (Å²) in [5, 5.41) is 13.9. The number of nitrogens with zero attached hydrogens (tertiary/aromatic N) is 5. The molecular weight excluding hydrogens is 440 g/mol. The van der Waals surface area contributed by atoms with Gasteiger partial charge in [0.2, 0.25) is 0 Å². The van der Waals surface area contributed by atoms with Crippen molar-refractivity contribution in [2.75, 3.05) is 0 Å². The Morgan fingerprint density at radius 2 is 2.00 bits per heavy atom. The second-order valence-electron chi connectivity index (χ2n) is 10.2. The molecule has 1 aliphatic carbocycles. The van der Waals surface area contributed by atoms with Crippen LogP contribution in [0.1, 0.15) is 73.8 Å². The summed E-state index contributed by atoms with van der Waals surface area (Å²) in [6.07, 6.45) is 6.31. The first-order valence-electron chi connectivity index (χ1n) is 12.6. The number of aromatic amines is 1. The molecule has 1 atom stereocenters. The molecule has 3 aromatic heterocycles. The third-order valence-electron chi connectivity index (χ3n) is 7.47. The lowest BCUT2D eigenvalue weighted by Crippen LogP contribution is -2.41. The molecule has 5 rings (SSSR count). The van der Waals surface area contributed by atoms with Gasteiger partial charge in [-0.05, 0) is 77.7 Å². The van der Waals surface area contributed by atoms with Gasteiger partial charge in [0.25, 0.3) is 5.56 Å². The molecule has 4 aromatic rings. The van der Waals surface area contributed by atoms with Gasteiger partial charge in [0.1, 0.15) is 12.3 Å². The summed E-state index contributed by atoms with van der Waals surface area (Å²) in [5.74, 6) is 1.87. The molecule has 0 amide bonds. The summed E-state index contributed by atoms with van der Waals surface area (Å²) in [7, 11) is 0. The van der Waals surface area contributed by atoms with Gasteiger partial charge in [0.05, 0.1) is 17.8 Å². The molecule has 0 aliphatic heterocycles. The number of hydrogen-bond acceptors (Lipinski definition) is 6. The maximum absolute atomic E-state index is 13.3. The van der Waals surface area contributed by atoms with Crippen molar-refractivity contribution in [1.29, 1.82) is 0 Å². The fraction of sp³-hybridized carbons (Fsp3) is 0.481. The number of H-pyrrole nitrogens is 1. The Kier molecular flexibility index (Phi) is 6.56. The van der Waals surface area contributed by atoms with E-state index in [9.17, 15) is 4.79 Å². The summed E-state index contributed by atoms with van der Waals surface area (Å²) < 4.78 is 7.39. The minimum atomic E-state index is -0.0297. The maximum atomic E-state index is 13.3. The molecule has 0 spiro atoms. The van der Waals surface area contributed by atoms with Crippen molar-refractivity contribution in [3.05, 3.63) is 75.2 Å². The van der Waals surface area contributed by atoms with Crippen LogP contribution in [-0.2, 0) is 13.1 Å². The van der Waals surface area contributed by atoms with E-state index in [0.29, 0.717) is 19.1 Å². The highest BCUT2D eigenvalue weighted by Crippen LogP contribution is 2.36. The quantitative estimate of drug-likeness (QED) is 0.390. The van der Waals surface area contributed by atoms with Gasteiger partial charge in [-0.2, -0.15) is 0 Å². The molecule has 8 nitrogen and oxygen atoms in total. The number of furan rings is 1. The van der Waals surface area contributed by atoms with E-state index in [1.54, 1.807) is 6.26 Å². The van der Waals surface area contributed by atoms with Crippen molar-refractivity contribution in [2.45, 2.75) is 78.6 Å². The lowest BCUT2D eigenvalue weighted by Gasteiger charge is -2.37. The third kappa shape index (κ3) is 4.67. The highest BCUT2D eigenvalue weighted by molar-refractivity contribution is 5.83. The number of tetrazole rings is 1. The standard InChI is InChI=1S/C27H34N6O2/c1-17(2)25(26-29-30-31-33(26)16-23-10-7-13-35-23)32(22-8-5-6-9-22)15-21-14-20-12-11-18(3)19(4)24(20)28-27(21)34/h7,10-14,17,22,25H,5-6,8-9,15-16H2,1-4H3,(H,28,34)/t25-/m1/s1. The number of aryl methyl sites for hydroxylation is 2. The molecular formula is C27H34N6O2. The van der Waals surface area contributed by atoms with E-state index in [1.807, 2.05) is 16.8 Å². The average Bonchev–Trinajstić information content (AvgIpc) is 3.61. The lowest BCUT2D eigenvalue weighted by atomic mass is 9.97. The van der Waals surface area contributed by atoms with Gasteiger partial charge in [-0.1, -0.05) is 38.8 Å². The van der Waals surface area contributed by atoms with Crippen molar-refractivity contribution in [3.63, 3.8) is 0 Å². The van der Waals surface area contributed by atoms with Crippen LogP contribution >= 0.6 is 0 Å². The number of nitrogens with one attached hydrogen (secondary N) is 1. The van der Waals surface area contributed by atoms with Gasteiger partial charge in [-0.3, -0.25) is 9.69 Å². The normalized spacial score (nSPS) is 15.6. The van der Waals surface area contributed by atoms with E-state index in [0.717, 1.165) is 46.5 Å². The molecule has 184 valence electrons. The fourth-order valence-electron chi connectivity index (χ4n) is 5.49. The number of aromatic nitrogens is 5. The molecule has 0 radical (unpaired) electrons. The topological polar surface area (TPSA) is 92.8 Å². The first-order valence-corrected chi connectivity index (χ1v) is 12.6. The molecule has 3 heterocycles. The number of benzene rings is 1. The SMILES string of the molecule is Cc1ccc2cc(CN(C3CCCC3)[C@@H](c3nnnn3Cc3ccco3)C(C)C)c(=O)[nH]c2c1C. The van der Waals surface area contributed by atoms with E-state index >= 15 is 0 Å². The third-order valence-corrected chi connectivity index (χ3v) is 7.47. The fourth-order valence-corrected chi connectivity index (χ4v) is 5.49. The molecule has 0 unspecified atom stereocenters. The summed E-state index contributed by atoms with van der Waals surface area (Å²) in [4.78, 5) is 18.9. The lowest BCUT2D eigenvalue weighted by molar-refractivity contribution is 0.0842. The summed E-state index contributed by atoms with van der Waals surface area (Å²) in [5.41, 5.74) is 3.98. The van der Waals surface area contributed by atoms with E-state index in [-0.39, 0.29) is 17.5 Å². The van der Waals surface area contributed by atoms with Crippen molar-refractivity contribution in [1.82, 2.24) is 30.1 Å². The second kappa shape index (κ2) is 9.77. The van der Waals surface area contributed by atoms with Crippen LogP contribution in [0.15, 0.2) is 45.8 Å². The van der Waals surface area contributed by atoms with Gasteiger partial charge in [-0.15, -0.1) is 5.10 Å². The Morgan fingerprint density at radius 1 is 1.20 bits per heavy atom. The van der Waals surface area contributed by atoms with E-state index in [2.05, 4.69) is 71.3 Å². The van der Waals surface area contributed by atoms with Crippen LogP contribution in [0.4, 0.5) is 0 Å². The molecule has 1 N–H and O–H groups in total. The molecule has 1 saturated carbocycles. The monoisotopic (exact) mass is 474 g/mol. The molecule has 1 aliphatic rings. The van der Waals surface area contributed by atoms with Crippen LogP contribution in [0.25, 0.3) is 10.9 Å². The van der Waals surface area contributed by atoms with Gasteiger partial charge < -0.3 is 9.40 Å². The number of hydrogen-bond donors (Lipinski definition) is 1. The highest BCUT2D eigenvalue weighted by Gasteiger charge is 2.35. The summed E-state index contributed by atoms with van der Waals surface area (Å²) in [6.45, 7) is 9.57. The smallest absolute Gasteiger partial charge is 0.252 e. The highest BCUT2D eigenvalue weighted by atomic mass is 16.3. The second-order valence-corrected chi connectivity index (χ2v) is 10.2. The van der Waals surface area contributed by atoms with E-state index in [1.165, 1.54) is 18.4 Å². The number of rotatable bonds is 8. The minimum absolute atomic E-state index is 0.0214. The van der Waals surface area contributed by atoms with Gasteiger partial charge in [-0.25, -0.2) is 4.68 Å². The van der Waals surface area contributed by atoms with Crippen LogP contribution in [0.5, 0.6) is 0 Å². The zero-order valence-corrected chi connectivity index (χ0v) is 21.0. The minimum Gasteiger partial charge on any atom is -0.467 e. The first kappa shape index (κ1) is 23.5. The van der Waals surface area contributed by atoms with Gasteiger partial charge >= 0.3 is 0 Å². The Balaban J connectivity index is 1.54. The van der Waals surface area contributed by atoms with Crippen LogP contribution in [0.3, 0.4) is 0 Å². The van der Waals surface area contributed by atoms with E-state index in [4.69, 9.17) is 4.42 Å².